The van der Waals surface area contributed by atoms with E-state index in [4.69, 9.17) is 15.2 Å². The minimum absolute atomic E-state index is 0.376. The Morgan fingerprint density at radius 1 is 1.15 bits per heavy atom. The van der Waals surface area contributed by atoms with Crippen LogP contribution in [0.15, 0.2) is 24.5 Å². The monoisotopic (exact) mass is 357 g/mol. The molecule has 0 spiro atoms. The van der Waals surface area contributed by atoms with E-state index in [1.165, 1.54) is 6.33 Å². The Morgan fingerprint density at radius 2 is 1.88 bits per heavy atom. The van der Waals surface area contributed by atoms with Crippen molar-refractivity contribution in [1.82, 2.24) is 14.9 Å². The number of aryl methyl sites for hydroxylation is 2. The average Bonchev–Trinajstić information content (AvgIpc) is 2.61. The van der Waals surface area contributed by atoms with Crippen molar-refractivity contribution >= 4 is 11.5 Å². The van der Waals surface area contributed by atoms with Crippen molar-refractivity contribution in [2.24, 2.45) is 0 Å². The number of nitrogen functional groups attached to an aromatic ring is 1. The number of hydrogen-bond acceptors (Lipinski definition) is 7. The highest BCUT2D eigenvalue weighted by molar-refractivity contribution is 5.67. The molecule has 2 heterocycles. The first-order chi connectivity index (χ1) is 12.6. The third-order valence-corrected chi connectivity index (χ3v) is 4.30. The number of morpholine rings is 1. The van der Waals surface area contributed by atoms with Crippen LogP contribution in [0, 0.1) is 13.8 Å². The van der Waals surface area contributed by atoms with Crippen LogP contribution in [0.5, 0.6) is 11.6 Å². The number of hydrogen-bond donors (Lipinski definition) is 2. The fourth-order valence-electron chi connectivity index (χ4n) is 3.04. The molecule has 2 aromatic rings. The fourth-order valence-corrected chi connectivity index (χ4v) is 3.04. The van der Waals surface area contributed by atoms with E-state index < -0.39 is 0 Å². The molecule has 3 N–H and O–H groups in total. The zero-order valence-corrected chi connectivity index (χ0v) is 15.5. The third kappa shape index (κ3) is 5.06. The molecule has 26 heavy (non-hydrogen) atoms. The summed E-state index contributed by atoms with van der Waals surface area (Å²) in [5.74, 6) is 1.72. The number of nitrogens with two attached hydrogens (primary N) is 1. The zero-order chi connectivity index (χ0) is 18.4. The van der Waals surface area contributed by atoms with Gasteiger partial charge in [0.05, 0.1) is 13.2 Å². The molecule has 1 saturated heterocycles. The molecule has 1 aromatic heterocycles. The average molecular weight is 357 g/mol. The van der Waals surface area contributed by atoms with Crippen molar-refractivity contribution in [1.29, 1.82) is 0 Å². The number of nitrogens with zero attached hydrogens (tertiary/aromatic N) is 3. The van der Waals surface area contributed by atoms with E-state index >= 15 is 0 Å². The lowest BCUT2D eigenvalue weighted by molar-refractivity contribution is 0.0378. The van der Waals surface area contributed by atoms with Crippen LogP contribution < -0.4 is 15.8 Å². The number of aromatic nitrogens is 2. The number of anilines is 2. The summed E-state index contributed by atoms with van der Waals surface area (Å²) in [5, 5.41) is 3.29. The molecular formula is C19H27N5O2. The van der Waals surface area contributed by atoms with Crippen molar-refractivity contribution in [3.8, 4) is 11.6 Å². The van der Waals surface area contributed by atoms with Gasteiger partial charge in [0.15, 0.2) is 5.82 Å². The minimum Gasteiger partial charge on any atom is -0.437 e. The van der Waals surface area contributed by atoms with Crippen LogP contribution in [0.25, 0.3) is 0 Å². The second-order valence-electron chi connectivity index (χ2n) is 6.60. The van der Waals surface area contributed by atoms with Crippen molar-refractivity contribution < 1.29 is 9.47 Å². The SMILES string of the molecule is Cc1cc(C)cc(Oc2ncnc(NCCCN3CCOCC3)c2N)c1. The maximum atomic E-state index is 6.19. The smallest absolute Gasteiger partial charge is 0.248 e. The first kappa shape index (κ1) is 18.4. The van der Waals surface area contributed by atoms with Gasteiger partial charge < -0.3 is 20.5 Å². The molecule has 0 bridgehead atoms. The van der Waals surface area contributed by atoms with E-state index in [1.807, 2.05) is 26.0 Å². The fraction of sp³-hybridized carbons (Fsp3) is 0.474. The van der Waals surface area contributed by atoms with Gasteiger partial charge in [0.25, 0.3) is 0 Å². The Balaban J connectivity index is 1.56. The second-order valence-corrected chi connectivity index (χ2v) is 6.60. The molecule has 0 aliphatic carbocycles. The van der Waals surface area contributed by atoms with Gasteiger partial charge in [-0.3, -0.25) is 4.90 Å². The molecule has 1 aliphatic rings. The van der Waals surface area contributed by atoms with Crippen LogP contribution >= 0.6 is 0 Å². The molecule has 0 atom stereocenters. The van der Waals surface area contributed by atoms with Crippen molar-refractivity contribution in [3.05, 3.63) is 35.7 Å². The lowest BCUT2D eigenvalue weighted by Gasteiger charge is -2.26. The predicted octanol–water partition coefficient (Wildman–Crippen LogP) is 2.60. The van der Waals surface area contributed by atoms with Gasteiger partial charge >= 0.3 is 0 Å². The number of nitrogens with one attached hydrogen (secondary N) is 1. The van der Waals surface area contributed by atoms with Gasteiger partial charge in [0.2, 0.25) is 5.88 Å². The van der Waals surface area contributed by atoms with Gasteiger partial charge in [-0.1, -0.05) is 6.07 Å². The molecular weight excluding hydrogens is 330 g/mol. The van der Waals surface area contributed by atoms with E-state index in [9.17, 15) is 0 Å². The highest BCUT2D eigenvalue weighted by atomic mass is 16.5. The summed E-state index contributed by atoms with van der Waals surface area (Å²) in [6, 6.07) is 6.02. The van der Waals surface area contributed by atoms with Crippen molar-refractivity contribution in [2.45, 2.75) is 20.3 Å². The van der Waals surface area contributed by atoms with Gasteiger partial charge in [-0.05, 0) is 50.1 Å². The van der Waals surface area contributed by atoms with Crippen LogP contribution in [-0.2, 0) is 4.74 Å². The first-order valence-electron chi connectivity index (χ1n) is 9.02. The Labute approximate surface area is 154 Å². The van der Waals surface area contributed by atoms with E-state index in [-0.39, 0.29) is 0 Å². The maximum absolute atomic E-state index is 6.19. The Morgan fingerprint density at radius 3 is 2.62 bits per heavy atom. The highest BCUT2D eigenvalue weighted by Crippen LogP contribution is 2.30. The molecule has 0 amide bonds. The number of ether oxygens (including phenoxy) is 2. The lowest BCUT2D eigenvalue weighted by atomic mass is 10.1. The molecule has 0 saturated carbocycles. The number of benzene rings is 1. The van der Waals surface area contributed by atoms with Gasteiger partial charge in [0, 0.05) is 19.6 Å². The topological polar surface area (TPSA) is 85.5 Å². The number of rotatable bonds is 7. The van der Waals surface area contributed by atoms with E-state index in [1.54, 1.807) is 0 Å². The Kier molecular flexibility index (Phi) is 6.25. The standard InChI is InChI=1S/C19H27N5O2/c1-14-10-15(2)12-16(11-14)26-19-17(20)18(22-13-23-19)21-4-3-5-24-6-8-25-9-7-24/h10-13H,3-9,20H2,1-2H3,(H,21,22,23). The normalized spacial score (nSPS) is 15.0. The van der Waals surface area contributed by atoms with Gasteiger partial charge in [-0.2, -0.15) is 4.98 Å². The summed E-state index contributed by atoms with van der Waals surface area (Å²) < 4.78 is 11.2. The van der Waals surface area contributed by atoms with Crippen molar-refractivity contribution in [2.75, 3.05) is 50.4 Å². The lowest BCUT2D eigenvalue weighted by Crippen LogP contribution is -2.37. The molecule has 1 fully saturated rings. The maximum Gasteiger partial charge on any atom is 0.248 e. The van der Waals surface area contributed by atoms with E-state index in [0.717, 1.165) is 62.7 Å². The third-order valence-electron chi connectivity index (χ3n) is 4.30. The summed E-state index contributed by atoms with van der Waals surface area (Å²) >= 11 is 0. The van der Waals surface area contributed by atoms with Gasteiger partial charge in [-0.25, -0.2) is 4.98 Å². The summed E-state index contributed by atoms with van der Waals surface area (Å²) in [5.41, 5.74) is 8.89. The second kappa shape index (κ2) is 8.82. The molecule has 0 unspecified atom stereocenters. The molecule has 0 radical (unpaired) electrons. The van der Waals surface area contributed by atoms with Gasteiger partial charge in [-0.15, -0.1) is 0 Å². The van der Waals surface area contributed by atoms with Crippen molar-refractivity contribution in [3.63, 3.8) is 0 Å². The van der Waals surface area contributed by atoms with Crippen LogP contribution in [0.2, 0.25) is 0 Å². The van der Waals surface area contributed by atoms with Crippen LogP contribution in [0.1, 0.15) is 17.5 Å². The van der Waals surface area contributed by atoms with Crippen LogP contribution in [-0.4, -0.2) is 54.3 Å². The summed E-state index contributed by atoms with van der Waals surface area (Å²) in [7, 11) is 0. The van der Waals surface area contributed by atoms with E-state index in [2.05, 4.69) is 26.3 Å². The molecule has 140 valence electrons. The molecule has 1 aromatic carbocycles. The Hall–Kier alpha value is -2.38. The summed E-state index contributed by atoms with van der Waals surface area (Å²) in [6.07, 6.45) is 2.48. The highest BCUT2D eigenvalue weighted by Gasteiger charge is 2.12. The first-order valence-corrected chi connectivity index (χ1v) is 9.02. The molecule has 1 aliphatic heterocycles. The molecule has 3 rings (SSSR count). The van der Waals surface area contributed by atoms with Gasteiger partial charge in [0.1, 0.15) is 17.8 Å². The van der Waals surface area contributed by atoms with Crippen LogP contribution in [0.3, 0.4) is 0 Å². The molecule has 7 heteroatoms. The summed E-state index contributed by atoms with van der Waals surface area (Å²) in [6.45, 7) is 9.55. The largest absolute Gasteiger partial charge is 0.437 e. The zero-order valence-electron chi connectivity index (χ0n) is 15.5. The Bertz CT molecular complexity index is 712. The summed E-state index contributed by atoms with van der Waals surface area (Å²) in [4.78, 5) is 10.8. The van der Waals surface area contributed by atoms with Crippen LogP contribution in [0.4, 0.5) is 11.5 Å². The minimum atomic E-state index is 0.376. The predicted molar refractivity (Wildman–Crippen MR) is 103 cm³/mol. The molecule has 7 nitrogen and oxygen atoms in total. The van der Waals surface area contributed by atoms with E-state index in [0.29, 0.717) is 17.4 Å². The quantitative estimate of drug-likeness (QED) is 0.737.